The molecule has 8 nitrogen and oxygen atoms in total. The molecule has 3 rings (SSSR count). The summed E-state index contributed by atoms with van der Waals surface area (Å²) in [6, 6.07) is 14.6. The van der Waals surface area contributed by atoms with E-state index in [1.807, 2.05) is 36.4 Å². The van der Waals surface area contributed by atoms with E-state index in [9.17, 15) is 13.2 Å². The van der Waals surface area contributed by atoms with Gasteiger partial charge >= 0.3 is 5.97 Å². The number of methoxy groups -OCH3 is 1. The molecule has 0 aliphatic carbocycles. The molecule has 3 N–H and O–H groups in total. The van der Waals surface area contributed by atoms with Crippen molar-refractivity contribution < 1.29 is 22.7 Å². The number of hydrogen-bond donors (Lipinski definition) is 2. The molecule has 0 amide bonds. The highest BCUT2D eigenvalue weighted by atomic mass is 35.5. The minimum atomic E-state index is -3.41. The second-order valence-corrected chi connectivity index (χ2v) is 9.63. The number of carbonyl (C=O) groups excluding carboxylic acids is 1. The number of nitrogens with two attached hydrogens (primary N) is 1. The Bertz CT molecular complexity index is 1040. The van der Waals surface area contributed by atoms with E-state index in [0.717, 1.165) is 11.1 Å². The van der Waals surface area contributed by atoms with Crippen LogP contribution in [0.2, 0.25) is 0 Å². The molecular weight excluding hydrogens is 454 g/mol. The summed E-state index contributed by atoms with van der Waals surface area (Å²) in [5.41, 5.74) is 8.13. The van der Waals surface area contributed by atoms with Gasteiger partial charge in [-0.3, -0.25) is 10.2 Å². The van der Waals surface area contributed by atoms with E-state index in [1.54, 1.807) is 12.1 Å². The standard InChI is InChI=1S/C22H27N3O5S.ClH/c1-29-21(26)12-15-11-19(25(13-15)31(2,27)28)14-30-20-9-7-17(8-10-20)16-3-5-18(6-4-16)22(23)24;/h3-10,15,19H,11-14H2,1-2H3,(H3,23,24);1H/t15-,19-;/m0./s1. The first-order chi connectivity index (χ1) is 14.7. The zero-order chi connectivity index (χ0) is 22.6. The maximum absolute atomic E-state index is 12.2. The van der Waals surface area contributed by atoms with Crippen molar-refractivity contribution in [1.82, 2.24) is 4.31 Å². The van der Waals surface area contributed by atoms with Crippen LogP contribution in [0.4, 0.5) is 0 Å². The van der Waals surface area contributed by atoms with E-state index < -0.39 is 10.0 Å². The number of nitrogens with zero attached hydrogens (tertiary/aromatic N) is 1. The van der Waals surface area contributed by atoms with E-state index in [0.29, 0.717) is 17.7 Å². The zero-order valence-corrected chi connectivity index (χ0v) is 19.6. The normalized spacial score (nSPS) is 18.6. The monoisotopic (exact) mass is 481 g/mol. The van der Waals surface area contributed by atoms with E-state index in [-0.39, 0.29) is 55.7 Å². The predicted octanol–water partition coefficient (Wildman–Crippen LogP) is 2.65. The SMILES string of the molecule is COC(=O)C[C@@H]1C[C@@H](COc2ccc(-c3ccc(C(=N)N)cc3)cc2)N(S(C)(=O)=O)C1.Cl. The molecule has 0 radical (unpaired) electrons. The summed E-state index contributed by atoms with van der Waals surface area (Å²) in [4.78, 5) is 11.6. The lowest BCUT2D eigenvalue weighted by Crippen LogP contribution is -2.38. The number of nitrogen functional groups attached to an aromatic ring is 1. The summed E-state index contributed by atoms with van der Waals surface area (Å²) in [5, 5.41) is 7.46. The maximum atomic E-state index is 12.2. The van der Waals surface area contributed by atoms with Crippen LogP contribution in [-0.4, -0.2) is 57.1 Å². The molecule has 0 saturated carbocycles. The third-order valence-corrected chi connectivity index (χ3v) is 6.68. The molecule has 0 spiro atoms. The Balaban J connectivity index is 0.00000363. The maximum Gasteiger partial charge on any atom is 0.305 e. The van der Waals surface area contributed by atoms with Crippen molar-refractivity contribution >= 4 is 34.2 Å². The van der Waals surface area contributed by atoms with Gasteiger partial charge in [-0.25, -0.2) is 8.42 Å². The lowest BCUT2D eigenvalue weighted by molar-refractivity contribution is -0.141. The second-order valence-electron chi connectivity index (χ2n) is 7.69. The fourth-order valence-corrected chi connectivity index (χ4v) is 4.95. The fourth-order valence-electron chi connectivity index (χ4n) is 3.78. The Kier molecular flexibility index (Phi) is 8.65. The van der Waals surface area contributed by atoms with Crippen LogP contribution in [0.15, 0.2) is 48.5 Å². The Morgan fingerprint density at radius 1 is 1.12 bits per heavy atom. The molecule has 2 atom stereocenters. The van der Waals surface area contributed by atoms with Gasteiger partial charge in [-0.1, -0.05) is 36.4 Å². The lowest BCUT2D eigenvalue weighted by atomic mass is 10.0. The molecule has 2 aromatic carbocycles. The average Bonchev–Trinajstić information content (AvgIpc) is 3.15. The third kappa shape index (κ3) is 6.44. The minimum absolute atomic E-state index is 0. The van der Waals surface area contributed by atoms with E-state index in [2.05, 4.69) is 0 Å². The second kappa shape index (κ2) is 10.8. The third-order valence-electron chi connectivity index (χ3n) is 5.39. The van der Waals surface area contributed by atoms with Crippen LogP contribution in [-0.2, 0) is 19.6 Å². The van der Waals surface area contributed by atoms with Gasteiger partial charge in [-0.15, -0.1) is 12.4 Å². The summed E-state index contributed by atoms with van der Waals surface area (Å²) in [5.74, 6) is 0.233. The number of amidine groups is 1. The number of carbonyl (C=O) groups is 1. The Morgan fingerprint density at radius 3 is 2.19 bits per heavy atom. The topological polar surface area (TPSA) is 123 Å². The number of halogens is 1. The highest BCUT2D eigenvalue weighted by molar-refractivity contribution is 7.88. The van der Waals surface area contributed by atoms with Crippen LogP contribution < -0.4 is 10.5 Å². The first-order valence-corrected chi connectivity index (χ1v) is 11.7. The molecule has 0 unspecified atom stereocenters. The van der Waals surface area contributed by atoms with Crippen molar-refractivity contribution in [2.75, 3.05) is 26.5 Å². The lowest BCUT2D eigenvalue weighted by Gasteiger charge is -2.22. The van der Waals surface area contributed by atoms with Gasteiger partial charge in [0.15, 0.2) is 0 Å². The van der Waals surface area contributed by atoms with Crippen LogP contribution in [0.1, 0.15) is 18.4 Å². The van der Waals surface area contributed by atoms with Gasteiger partial charge in [0.2, 0.25) is 10.0 Å². The molecule has 1 saturated heterocycles. The molecule has 32 heavy (non-hydrogen) atoms. The van der Waals surface area contributed by atoms with Crippen molar-refractivity contribution in [3.63, 3.8) is 0 Å². The Morgan fingerprint density at radius 2 is 1.69 bits per heavy atom. The van der Waals surface area contributed by atoms with Gasteiger partial charge in [0.1, 0.15) is 18.2 Å². The molecule has 1 heterocycles. The molecule has 1 aliphatic rings. The van der Waals surface area contributed by atoms with E-state index in [1.165, 1.54) is 17.7 Å². The average molecular weight is 482 g/mol. The van der Waals surface area contributed by atoms with Crippen LogP contribution in [0.5, 0.6) is 5.75 Å². The predicted molar refractivity (Wildman–Crippen MR) is 126 cm³/mol. The number of ether oxygens (including phenoxy) is 2. The molecule has 10 heteroatoms. The Labute approximate surface area is 194 Å². The minimum Gasteiger partial charge on any atom is -0.492 e. The van der Waals surface area contributed by atoms with Crippen molar-refractivity contribution in [2.24, 2.45) is 11.7 Å². The van der Waals surface area contributed by atoms with Crippen molar-refractivity contribution in [1.29, 1.82) is 5.41 Å². The van der Waals surface area contributed by atoms with Gasteiger partial charge in [-0.05, 0) is 35.6 Å². The van der Waals surface area contributed by atoms with Crippen molar-refractivity contribution in [3.8, 4) is 16.9 Å². The molecule has 174 valence electrons. The van der Waals surface area contributed by atoms with Crippen LogP contribution >= 0.6 is 12.4 Å². The number of hydrogen-bond acceptors (Lipinski definition) is 6. The van der Waals surface area contributed by atoms with Gasteiger partial charge in [0.05, 0.1) is 19.4 Å². The van der Waals surface area contributed by atoms with E-state index >= 15 is 0 Å². The van der Waals surface area contributed by atoms with Crippen LogP contribution in [0.3, 0.4) is 0 Å². The Hall–Kier alpha value is -2.62. The number of benzene rings is 2. The van der Waals surface area contributed by atoms with Crippen LogP contribution in [0.25, 0.3) is 11.1 Å². The molecule has 1 fully saturated rings. The van der Waals surface area contributed by atoms with Crippen molar-refractivity contribution in [3.05, 3.63) is 54.1 Å². The summed E-state index contributed by atoms with van der Waals surface area (Å²) in [7, 11) is -2.08. The van der Waals surface area contributed by atoms with E-state index in [4.69, 9.17) is 20.6 Å². The number of esters is 1. The van der Waals surface area contributed by atoms with Gasteiger partial charge in [0.25, 0.3) is 0 Å². The molecule has 0 aromatic heterocycles. The number of rotatable bonds is 8. The smallest absolute Gasteiger partial charge is 0.305 e. The van der Waals surface area contributed by atoms with Gasteiger partial charge in [-0.2, -0.15) is 4.31 Å². The fraction of sp³-hybridized carbons (Fsp3) is 0.364. The van der Waals surface area contributed by atoms with Gasteiger partial charge < -0.3 is 15.2 Å². The number of nitrogens with one attached hydrogen (secondary N) is 1. The highest BCUT2D eigenvalue weighted by Gasteiger charge is 2.38. The van der Waals surface area contributed by atoms with Crippen molar-refractivity contribution in [2.45, 2.75) is 18.9 Å². The summed E-state index contributed by atoms with van der Waals surface area (Å²) >= 11 is 0. The summed E-state index contributed by atoms with van der Waals surface area (Å²) < 4.78 is 36.3. The largest absolute Gasteiger partial charge is 0.492 e. The first kappa shape index (κ1) is 25.6. The summed E-state index contributed by atoms with van der Waals surface area (Å²) in [6.45, 7) is 0.495. The highest BCUT2D eigenvalue weighted by Crippen LogP contribution is 2.29. The quantitative estimate of drug-likeness (QED) is 0.339. The molecule has 0 bridgehead atoms. The van der Waals surface area contributed by atoms with Crippen LogP contribution in [0, 0.1) is 11.3 Å². The first-order valence-electron chi connectivity index (χ1n) is 9.88. The molecule has 1 aliphatic heterocycles. The van der Waals surface area contributed by atoms with Gasteiger partial charge in [0, 0.05) is 18.5 Å². The number of sulfonamides is 1. The molecule has 2 aromatic rings. The zero-order valence-electron chi connectivity index (χ0n) is 18.0. The summed E-state index contributed by atoms with van der Waals surface area (Å²) in [6.07, 6.45) is 1.91. The molecular formula is C22H28ClN3O5S.